The highest BCUT2D eigenvalue weighted by Crippen LogP contribution is 2.31. The van der Waals surface area contributed by atoms with Gasteiger partial charge < -0.3 is 9.63 Å². The monoisotopic (exact) mass is 259 g/mol. The molecular formula is C15H17NO3. The molecule has 0 spiro atoms. The summed E-state index contributed by atoms with van der Waals surface area (Å²) in [6, 6.07) is 5.84. The van der Waals surface area contributed by atoms with Gasteiger partial charge in [0.2, 0.25) is 0 Å². The van der Waals surface area contributed by atoms with Crippen LogP contribution in [0.15, 0.2) is 22.7 Å². The summed E-state index contributed by atoms with van der Waals surface area (Å²) < 4.78 is 5.23. The maximum Gasteiger partial charge on any atom is 0.341 e. The van der Waals surface area contributed by atoms with Gasteiger partial charge in [-0.25, -0.2) is 4.79 Å². The Morgan fingerprint density at radius 1 is 1.32 bits per heavy atom. The lowest BCUT2D eigenvalue weighted by Gasteiger charge is -2.07. The lowest BCUT2D eigenvalue weighted by atomic mass is 9.96. The van der Waals surface area contributed by atoms with Crippen molar-refractivity contribution in [3.05, 3.63) is 40.6 Å². The van der Waals surface area contributed by atoms with Crippen molar-refractivity contribution in [3.8, 4) is 11.3 Å². The van der Waals surface area contributed by atoms with E-state index in [4.69, 9.17) is 4.52 Å². The Morgan fingerprint density at radius 2 is 1.95 bits per heavy atom. The van der Waals surface area contributed by atoms with E-state index in [9.17, 15) is 9.90 Å². The van der Waals surface area contributed by atoms with Crippen LogP contribution in [0.1, 0.15) is 40.6 Å². The van der Waals surface area contributed by atoms with Gasteiger partial charge in [0.15, 0.2) is 5.76 Å². The molecule has 0 bridgehead atoms. The molecule has 0 fully saturated rings. The van der Waals surface area contributed by atoms with Crippen molar-refractivity contribution < 1.29 is 14.4 Å². The van der Waals surface area contributed by atoms with Gasteiger partial charge in [-0.15, -0.1) is 0 Å². The zero-order chi connectivity index (χ0) is 14.0. The minimum atomic E-state index is -0.984. The topological polar surface area (TPSA) is 63.3 Å². The van der Waals surface area contributed by atoms with Crippen LogP contribution >= 0.6 is 0 Å². The van der Waals surface area contributed by atoms with Crippen LogP contribution in [0, 0.1) is 13.8 Å². The lowest BCUT2D eigenvalue weighted by molar-refractivity contribution is 0.0695. The summed E-state index contributed by atoms with van der Waals surface area (Å²) in [6.07, 6.45) is 1.40. The van der Waals surface area contributed by atoms with Gasteiger partial charge in [0, 0.05) is 12.0 Å². The predicted molar refractivity (Wildman–Crippen MR) is 72.4 cm³/mol. The maximum absolute atomic E-state index is 11.5. The fourth-order valence-corrected chi connectivity index (χ4v) is 2.30. The average Bonchev–Trinajstić information content (AvgIpc) is 2.73. The molecule has 0 aliphatic carbocycles. The van der Waals surface area contributed by atoms with Crippen molar-refractivity contribution in [2.75, 3.05) is 0 Å². The first-order chi connectivity index (χ1) is 9.06. The van der Waals surface area contributed by atoms with Crippen LogP contribution < -0.4 is 0 Å². The van der Waals surface area contributed by atoms with E-state index >= 15 is 0 Å². The third-order valence-electron chi connectivity index (χ3n) is 3.17. The Morgan fingerprint density at radius 3 is 2.47 bits per heavy atom. The number of rotatable bonds is 4. The molecule has 0 saturated heterocycles. The second-order valence-electron chi connectivity index (χ2n) is 4.65. The summed E-state index contributed by atoms with van der Waals surface area (Å²) in [4.78, 5) is 11.5. The van der Waals surface area contributed by atoms with E-state index in [1.807, 2.05) is 39.0 Å². The summed E-state index contributed by atoms with van der Waals surface area (Å²) in [7, 11) is 0. The number of hydrogen-bond acceptors (Lipinski definition) is 3. The van der Waals surface area contributed by atoms with Gasteiger partial charge in [0.05, 0.1) is 0 Å². The molecule has 1 heterocycles. The summed E-state index contributed by atoms with van der Waals surface area (Å²) in [6.45, 7) is 5.87. The van der Waals surface area contributed by atoms with Crippen LogP contribution in [0.2, 0.25) is 0 Å². The quantitative estimate of drug-likeness (QED) is 0.911. The number of aromatic carboxylic acids is 1. The Labute approximate surface area is 112 Å². The lowest BCUT2D eigenvalue weighted by Crippen LogP contribution is -2.02. The Hall–Kier alpha value is -2.10. The van der Waals surface area contributed by atoms with Gasteiger partial charge in [-0.2, -0.15) is 0 Å². The summed E-state index contributed by atoms with van der Waals surface area (Å²) >= 11 is 0. The highest BCUT2D eigenvalue weighted by molar-refractivity contribution is 5.96. The van der Waals surface area contributed by atoms with E-state index in [-0.39, 0.29) is 5.56 Å². The first-order valence-electron chi connectivity index (χ1n) is 6.34. The van der Waals surface area contributed by atoms with Crippen molar-refractivity contribution in [3.63, 3.8) is 0 Å². The van der Waals surface area contributed by atoms with Crippen LogP contribution in [0.4, 0.5) is 0 Å². The molecule has 19 heavy (non-hydrogen) atoms. The van der Waals surface area contributed by atoms with Gasteiger partial charge in [-0.1, -0.05) is 30.3 Å². The van der Waals surface area contributed by atoms with E-state index < -0.39 is 5.97 Å². The second-order valence-corrected chi connectivity index (χ2v) is 4.65. The number of aromatic nitrogens is 1. The summed E-state index contributed by atoms with van der Waals surface area (Å²) in [5, 5.41) is 13.4. The summed E-state index contributed by atoms with van der Waals surface area (Å²) in [5.74, 6) is -0.532. The molecule has 4 nitrogen and oxygen atoms in total. The zero-order valence-corrected chi connectivity index (χ0v) is 11.4. The molecule has 1 aromatic carbocycles. The molecular weight excluding hydrogens is 242 g/mol. The smallest absolute Gasteiger partial charge is 0.341 e. The van der Waals surface area contributed by atoms with Crippen molar-refractivity contribution in [1.29, 1.82) is 0 Å². The van der Waals surface area contributed by atoms with Crippen molar-refractivity contribution in [2.45, 2.75) is 33.6 Å². The van der Waals surface area contributed by atoms with Gasteiger partial charge in [0.1, 0.15) is 11.3 Å². The Balaban J connectivity index is 2.66. The molecule has 0 radical (unpaired) electrons. The molecule has 1 aromatic heterocycles. The molecule has 0 unspecified atom stereocenters. The molecule has 4 heteroatoms. The molecule has 0 aliphatic heterocycles. The normalized spacial score (nSPS) is 10.7. The van der Waals surface area contributed by atoms with E-state index in [0.29, 0.717) is 17.9 Å². The zero-order valence-electron chi connectivity index (χ0n) is 11.4. The first kappa shape index (κ1) is 13.3. The molecule has 2 rings (SSSR count). The predicted octanol–water partition coefficient (Wildman–Crippen LogP) is 3.61. The average molecular weight is 259 g/mol. The fraction of sp³-hybridized carbons (Fsp3) is 0.333. The molecule has 0 atom stereocenters. The van der Waals surface area contributed by atoms with Crippen LogP contribution in [0.25, 0.3) is 11.3 Å². The van der Waals surface area contributed by atoms with E-state index in [2.05, 4.69) is 5.16 Å². The second kappa shape index (κ2) is 5.26. The molecule has 0 saturated carbocycles. The highest BCUT2D eigenvalue weighted by atomic mass is 16.5. The SMILES string of the molecule is CCCc1onc(-c2c(C)cccc2C)c1C(=O)O. The first-order valence-corrected chi connectivity index (χ1v) is 6.34. The van der Waals surface area contributed by atoms with Crippen molar-refractivity contribution in [1.82, 2.24) is 5.16 Å². The number of aryl methyl sites for hydroxylation is 3. The maximum atomic E-state index is 11.5. The number of benzene rings is 1. The molecule has 1 N–H and O–H groups in total. The van der Waals surface area contributed by atoms with Gasteiger partial charge in [0.25, 0.3) is 0 Å². The van der Waals surface area contributed by atoms with Crippen LogP contribution in [0.3, 0.4) is 0 Å². The third-order valence-corrected chi connectivity index (χ3v) is 3.17. The number of hydrogen-bond donors (Lipinski definition) is 1. The van der Waals surface area contributed by atoms with E-state index in [1.165, 1.54) is 0 Å². The molecule has 0 aliphatic rings. The van der Waals surface area contributed by atoms with Crippen molar-refractivity contribution in [2.24, 2.45) is 0 Å². The van der Waals surface area contributed by atoms with Crippen LogP contribution in [0.5, 0.6) is 0 Å². The Bertz CT molecular complexity index is 594. The van der Waals surface area contributed by atoms with Gasteiger partial charge >= 0.3 is 5.97 Å². The third kappa shape index (κ3) is 2.38. The van der Waals surface area contributed by atoms with Crippen LogP contribution in [-0.4, -0.2) is 16.2 Å². The van der Waals surface area contributed by atoms with E-state index in [1.54, 1.807) is 0 Å². The number of carboxylic acids is 1. The fourth-order valence-electron chi connectivity index (χ4n) is 2.30. The largest absolute Gasteiger partial charge is 0.477 e. The van der Waals surface area contributed by atoms with E-state index in [0.717, 1.165) is 23.1 Å². The number of carboxylic acid groups (broad SMARTS) is 1. The number of carbonyl (C=O) groups is 1. The minimum absolute atomic E-state index is 0.194. The standard InChI is InChI=1S/C15H17NO3/c1-4-6-11-13(15(17)18)14(16-19-11)12-9(2)7-5-8-10(12)3/h5,7-8H,4,6H2,1-3H3,(H,17,18). The van der Waals surface area contributed by atoms with Gasteiger partial charge in [-0.05, 0) is 31.4 Å². The Kier molecular flexibility index (Phi) is 3.69. The highest BCUT2D eigenvalue weighted by Gasteiger charge is 2.24. The number of nitrogens with zero attached hydrogens (tertiary/aromatic N) is 1. The van der Waals surface area contributed by atoms with Crippen LogP contribution in [-0.2, 0) is 6.42 Å². The summed E-state index contributed by atoms with van der Waals surface area (Å²) in [5.41, 5.74) is 3.48. The molecule has 100 valence electrons. The molecule has 0 amide bonds. The van der Waals surface area contributed by atoms with Gasteiger partial charge in [-0.3, -0.25) is 0 Å². The minimum Gasteiger partial charge on any atom is -0.477 e. The molecule has 2 aromatic rings. The van der Waals surface area contributed by atoms with Crippen molar-refractivity contribution >= 4 is 5.97 Å².